The number of nitrogens with zero attached hydrogens (tertiary/aromatic N) is 4. The van der Waals surface area contributed by atoms with E-state index in [0.29, 0.717) is 11.3 Å². The van der Waals surface area contributed by atoms with Gasteiger partial charge in [-0.2, -0.15) is 0 Å². The number of imidazole rings is 2. The number of hydrogen-bond donors (Lipinski definition) is 3. The average molecular weight is 537 g/mol. The molecule has 1 aromatic carbocycles. The fourth-order valence-electron chi connectivity index (χ4n) is 3.85. The highest BCUT2D eigenvalue weighted by Crippen LogP contribution is 2.49. The first kappa shape index (κ1) is 24.7. The summed E-state index contributed by atoms with van der Waals surface area (Å²) in [5, 5.41) is 5.13. The summed E-state index contributed by atoms with van der Waals surface area (Å²) in [4.78, 5) is 26.3. The van der Waals surface area contributed by atoms with E-state index in [1.54, 1.807) is 30.2 Å². The molecule has 37 heavy (non-hydrogen) atoms. The van der Waals surface area contributed by atoms with Crippen molar-refractivity contribution in [1.82, 2.24) is 24.5 Å². The molecule has 0 saturated heterocycles. The van der Waals surface area contributed by atoms with Gasteiger partial charge in [0.25, 0.3) is 12.3 Å². The van der Waals surface area contributed by atoms with Crippen LogP contribution in [0.2, 0.25) is 0 Å². The van der Waals surface area contributed by atoms with Crippen molar-refractivity contribution in [1.29, 1.82) is 0 Å². The molecular formula is C22H19F4N7O3S. The maximum atomic E-state index is 13.3. The van der Waals surface area contributed by atoms with Gasteiger partial charge in [0.15, 0.2) is 21.3 Å². The Morgan fingerprint density at radius 2 is 1.95 bits per heavy atom. The number of carbonyl (C=O) groups is 1. The van der Waals surface area contributed by atoms with E-state index < -0.39 is 46.3 Å². The van der Waals surface area contributed by atoms with Gasteiger partial charge in [0.1, 0.15) is 17.3 Å². The van der Waals surface area contributed by atoms with Gasteiger partial charge in [-0.05, 0) is 12.1 Å². The van der Waals surface area contributed by atoms with Crippen molar-refractivity contribution >= 4 is 44.1 Å². The first-order chi connectivity index (χ1) is 17.3. The zero-order chi connectivity index (χ0) is 26.7. The largest absolute Gasteiger partial charge is 0.352 e. The zero-order valence-corrected chi connectivity index (χ0v) is 20.1. The minimum Gasteiger partial charge on any atom is -0.352 e. The van der Waals surface area contributed by atoms with Crippen molar-refractivity contribution in [2.45, 2.75) is 23.7 Å². The first-order valence-corrected chi connectivity index (χ1v) is 12.7. The maximum Gasteiger partial charge on any atom is 0.295 e. The van der Waals surface area contributed by atoms with Gasteiger partial charge >= 0.3 is 0 Å². The number of halogens is 4. The lowest BCUT2D eigenvalue weighted by atomic mass is 10.1. The Hall–Kier alpha value is -4.01. The van der Waals surface area contributed by atoms with E-state index in [1.165, 1.54) is 18.2 Å². The molecule has 15 heteroatoms. The number of alkyl halides is 4. The van der Waals surface area contributed by atoms with Crippen LogP contribution in [0.3, 0.4) is 0 Å². The molecule has 3 aromatic heterocycles. The lowest BCUT2D eigenvalue weighted by Gasteiger charge is -2.14. The van der Waals surface area contributed by atoms with Crippen molar-refractivity contribution < 1.29 is 30.8 Å². The number of aryl methyl sites for hydroxylation is 1. The third-order valence-corrected chi connectivity index (χ3v) is 6.97. The molecule has 5 rings (SSSR count). The molecule has 0 radical (unpaired) electrons. The summed E-state index contributed by atoms with van der Waals surface area (Å²) >= 11 is 0. The van der Waals surface area contributed by atoms with Gasteiger partial charge < -0.3 is 20.2 Å². The molecule has 0 spiro atoms. The second kappa shape index (κ2) is 8.54. The number of H-pyrrole nitrogens is 1. The Morgan fingerprint density at radius 1 is 1.22 bits per heavy atom. The van der Waals surface area contributed by atoms with Gasteiger partial charge in [-0.3, -0.25) is 4.79 Å². The number of carbonyl (C=O) groups excluding carboxylic acids is 1. The fourth-order valence-corrected chi connectivity index (χ4v) is 4.71. The molecule has 1 unspecified atom stereocenters. The lowest BCUT2D eigenvalue weighted by molar-refractivity contribution is -0.119. The third kappa shape index (κ3) is 4.73. The number of amides is 1. The molecule has 1 amide bonds. The third-order valence-electron chi connectivity index (χ3n) is 5.83. The number of nitrogens with one attached hydrogen (secondary N) is 3. The van der Waals surface area contributed by atoms with Crippen LogP contribution in [0.4, 0.5) is 34.8 Å². The van der Waals surface area contributed by atoms with E-state index >= 15 is 0 Å². The molecule has 3 heterocycles. The Morgan fingerprint density at radius 3 is 2.54 bits per heavy atom. The van der Waals surface area contributed by atoms with Crippen LogP contribution >= 0.6 is 0 Å². The van der Waals surface area contributed by atoms with Gasteiger partial charge in [0.2, 0.25) is 5.91 Å². The molecule has 1 aliphatic rings. The molecule has 1 atom stereocenters. The number of aromatic nitrogens is 5. The number of fused-ring (bicyclic) bond motifs is 1. The quantitative estimate of drug-likeness (QED) is 0.303. The van der Waals surface area contributed by atoms with Crippen LogP contribution in [-0.2, 0) is 21.7 Å². The van der Waals surface area contributed by atoms with Crippen LogP contribution in [0, 0.1) is 5.92 Å². The normalized spacial score (nSPS) is 16.8. The van der Waals surface area contributed by atoms with E-state index in [-0.39, 0.29) is 33.3 Å². The molecule has 1 fully saturated rings. The first-order valence-electron chi connectivity index (χ1n) is 10.8. The number of pyridine rings is 1. The number of rotatable bonds is 7. The molecule has 194 valence electrons. The molecule has 0 aliphatic heterocycles. The second-order valence-electron chi connectivity index (χ2n) is 8.68. The highest BCUT2D eigenvalue weighted by molar-refractivity contribution is 7.90. The molecule has 1 aliphatic carbocycles. The van der Waals surface area contributed by atoms with Gasteiger partial charge in [0.05, 0.1) is 34.5 Å². The average Bonchev–Trinajstić information content (AvgIpc) is 3.13. The number of hydrogen-bond acceptors (Lipinski definition) is 7. The van der Waals surface area contributed by atoms with E-state index in [9.17, 15) is 30.8 Å². The number of aromatic amines is 1. The molecule has 4 aromatic rings. The molecule has 1 saturated carbocycles. The summed E-state index contributed by atoms with van der Waals surface area (Å²) in [5.41, 5.74) is 1.09. The summed E-state index contributed by atoms with van der Waals surface area (Å²) in [6.45, 7) is 0. The van der Waals surface area contributed by atoms with Crippen molar-refractivity contribution in [3.8, 4) is 11.3 Å². The SMILES string of the molecule is Cn1cncc1-c1ccc(Nc2cc(NC(=O)C3CC3(F)F)nc3[nH]c(C(F)F)nc23)c(S(C)(=O)=O)c1. The van der Waals surface area contributed by atoms with Crippen LogP contribution in [0.25, 0.3) is 22.4 Å². The second-order valence-corrected chi connectivity index (χ2v) is 10.7. The molecular weight excluding hydrogens is 518 g/mol. The monoisotopic (exact) mass is 537 g/mol. The minimum atomic E-state index is -3.80. The lowest BCUT2D eigenvalue weighted by Crippen LogP contribution is -2.18. The van der Waals surface area contributed by atoms with E-state index in [1.807, 2.05) is 0 Å². The predicted octanol–water partition coefficient (Wildman–Crippen LogP) is 4.04. The van der Waals surface area contributed by atoms with Crippen LogP contribution < -0.4 is 10.6 Å². The van der Waals surface area contributed by atoms with Gasteiger partial charge in [-0.25, -0.2) is 40.9 Å². The van der Waals surface area contributed by atoms with Crippen molar-refractivity contribution in [3.63, 3.8) is 0 Å². The predicted molar refractivity (Wildman–Crippen MR) is 126 cm³/mol. The number of sulfone groups is 1. The Kier molecular flexibility index (Phi) is 5.69. The Bertz CT molecular complexity index is 1650. The van der Waals surface area contributed by atoms with Crippen molar-refractivity contribution in [2.24, 2.45) is 13.0 Å². The van der Waals surface area contributed by atoms with Crippen molar-refractivity contribution in [3.05, 3.63) is 42.6 Å². The fraction of sp³-hybridized carbons (Fsp3) is 0.273. The number of anilines is 3. The van der Waals surface area contributed by atoms with Crippen LogP contribution in [0.1, 0.15) is 18.7 Å². The van der Waals surface area contributed by atoms with Crippen LogP contribution in [-0.4, -0.2) is 51.0 Å². The standard InChI is InChI=1S/C22H19F4N7O3S/c1-33-9-27-8-14(33)10-3-4-12(15(5-10)37(2,35)36)28-13-6-16(30-21(34)11-7-22(11,25)26)29-19-17(13)31-20(32-19)18(23)24/h3-6,8-9,11,18H,7H2,1-2H3,(H3,28,29,30,31,32,34). The summed E-state index contributed by atoms with van der Waals surface area (Å²) < 4.78 is 80.3. The molecule has 10 nitrogen and oxygen atoms in total. The molecule has 0 bridgehead atoms. The Balaban J connectivity index is 1.58. The summed E-state index contributed by atoms with van der Waals surface area (Å²) in [5.74, 6) is -6.53. The van der Waals surface area contributed by atoms with Gasteiger partial charge in [-0.15, -0.1) is 0 Å². The van der Waals surface area contributed by atoms with Gasteiger partial charge in [0, 0.05) is 31.4 Å². The summed E-state index contributed by atoms with van der Waals surface area (Å²) in [7, 11) is -2.05. The smallest absolute Gasteiger partial charge is 0.295 e. The number of benzene rings is 1. The van der Waals surface area contributed by atoms with E-state index in [0.717, 1.165) is 6.26 Å². The van der Waals surface area contributed by atoms with E-state index in [4.69, 9.17) is 0 Å². The summed E-state index contributed by atoms with van der Waals surface area (Å²) in [6, 6.07) is 5.76. The maximum absolute atomic E-state index is 13.3. The van der Waals surface area contributed by atoms with Crippen molar-refractivity contribution in [2.75, 3.05) is 16.9 Å². The highest BCUT2D eigenvalue weighted by atomic mass is 32.2. The van der Waals surface area contributed by atoms with Crippen LogP contribution in [0.15, 0.2) is 41.7 Å². The molecule has 3 N–H and O–H groups in total. The topological polar surface area (TPSA) is 135 Å². The highest BCUT2D eigenvalue weighted by Gasteiger charge is 2.61. The van der Waals surface area contributed by atoms with Gasteiger partial charge in [-0.1, -0.05) is 6.07 Å². The van der Waals surface area contributed by atoms with E-state index in [2.05, 4.69) is 30.6 Å². The summed E-state index contributed by atoms with van der Waals surface area (Å²) in [6.07, 6.45) is 0.547. The Labute approximate surface area is 207 Å². The zero-order valence-electron chi connectivity index (χ0n) is 19.3. The minimum absolute atomic E-state index is 0.0178. The van der Waals surface area contributed by atoms with Crippen LogP contribution in [0.5, 0.6) is 0 Å².